The maximum Gasteiger partial charge on any atom is 0.225 e. The molecule has 0 spiro atoms. The van der Waals surface area contributed by atoms with Gasteiger partial charge in [0.05, 0.1) is 26.2 Å². The molecule has 2 fully saturated rings. The second kappa shape index (κ2) is 7.79. The van der Waals surface area contributed by atoms with Crippen LogP contribution in [0.5, 0.6) is 5.75 Å². The number of rotatable bonds is 7. The van der Waals surface area contributed by atoms with Crippen LogP contribution in [0.2, 0.25) is 0 Å². The average molecular weight is 318 g/mol. The van der Waals surface area contributed by atoms with Gasteiger partial charge in [0.1, 0.15) is 5.75 Å². The number of carbonyl (C=O) groups is 1. The smallest absolute Gasteiger partial charge is 0.225 e. The third-order valence-corrected chi connectivity index (χ3v) is 4.57. The lowest BCUT2D eigenvalue weighted by Gasteiger charge is -2.37. The molecule has 1 heterocycles. The number of carbonyl (C=O) groups excluding carboxylic acids is 1. The first-order valence-electron chi connectivity index (χ1n) is 8.50. The molecule has 1 saturated heterocycles. The molecule has 1 amide bonds. The van der Waals surface area contributed by atoms with E-state index < -0.39 is 0 Å². The van der Waals surface area contributed by atoms with Crippen LogP contribution in [0.3, 0.4) is 0 Å². The summed E-state index contributed by atoms with van der Waals surface area (Å²) in [5.41, 5.74) is 1.06. The van der Waals surface area contributed by atoms with Crippen LogP contribution in [-0.2, 0) is 9.53 Å². The quantitative estimate of drug-likeness (QED) is 0.781. The van der Waals surface area contributed by atoms with Crippen molar-refractivity contribution < 1.29 is 14.3 Å². The highest BCUT2D eigenvalue weighted by Gasteiger charge is 2.29. The summed E-state index contributed by atoms with van der Waals surface area (Å²) >= 11 is 0. The van der Waals surface area contributed by atoms with E-state index in [1.54, 1.807) is 7.11 Å². The Kier molecular flexibility index (Phi) is 5.51. The minimum Gasteiger partial charge on any atom is -0.496 e. The highest BCUT2D eigenvalue weighted by Crippen LogP contribution is 2.31. The van der Waals surface area contributed by atoms with E-state index in [0.717, 1.165) is 43.5 Å². The number of benzene rings is 1. The van der Waals surface area contributed by atoms with Crippen molar-refractivity contribution in [1.82, 2.24) is 10.2 Å². The van der Waals surface area contributed by atoms with Crippen LogP contribution in [0.25, 0.3) is 0 Å². The lowest BCUT2D eigenvalue weighted by Crippen LogP contribution is -2.49. The largest absolute Gasteiger partial charge is 0.496 e. The molecule has 1 N–H and O–H groups in total. The van der Waals surface area contributed by atoms with Gasteiger partial charge < -0.3 is 19.7 Å². The number of methoxy groups -OCH3 is 1. The maximum atomic E-state index is 12.6. The summed E-state index contributed by atoms with van der Waals surface area (Å²) in [6, 6.07) is 7.96. The highest BCUT2D eigenvalue weighted by atomic mass is 16.5. The molecule has 5 heteroatoms. The van der Waals surface area contributed by atoms with E-state index in [1.165, 1.54) is 12.8 Å². The molecule has 1 atom stereocenters. The summed E-state index contributed by atoms with van der Waals surface area (Å²) in [6.07, 6.45) is 3.02. The topological polar surface area (TPSA) is 50.8 Å². The zero-order chi connectivity index (χ0) is 16.1. The van der Waals surface area contributed by atoms with Crippen LogP contribution in [0.4, 0.5) is 0 Å². The summed E-state index contributed by atoms with van der Waals surface area (Å²) in [4.78, 5) is 14.6. The molecule has 2 aliphatic rings. The molecule has 1 aliphatic heterocycles. The number of hydrogen-bond acceptors (Lipinski definition) is 4. The number of nitrogens with zero attached hydrogens (tertiary/aromatic N) is 1. The lowest BCUT2D eigenvalue weighted by molar-refractivity contribution is -0.135. The first-order chi connectivity index (χ1) is 11.3. The Balaban J connectivity index is 1.61. The van der Waals surface area contributed by atoms with Crippen LogP contribution in [0.1, 0.15) is 30.9 Å². The molecule has 1 unspecified atom stereocenters. The Morgan fingerprint density at radius 2 is 2.17 bits per heavy atom. The van der Waals surface area contributed by atoms with Gasteiger partial charge in [0, 0.05) is 31.8 Å². The van der Waals surface area contributed by atoms with Gasteiger partial charge in [-0.15, -0.1) is 0 Å². The van der Waals surface area contributed by atoms with Crippen molar-refractivity contribution >= 4 is 5.91 Å². The Morgan fingerprint density at radius 3 is 2.96 bits per heavy atom. The Bertz CT molecular complexity index is 531. The molecular formula is C18H26N2O3. The minimum absolute atomic E-state index is 0.0239. The van der Waals surface area contributed by atoms with Crippen LogP contribution in [0.15, 0.2) is 24.3 Å². The standard InChI is InChI=1S/C18H26N2O3/c1-22-17-5-3-2-4-15(17)16-12-19-9-10-20(16)18(21)8-11-23-13-14-6-7-14/h2-5,14,16,19H,6-13H2,1H3. The van der Waals surface area contributed by atoms with Crippen molar-refractivity contribution in [2.24, 2.45) is 5.92 Å². The van der Waals surface area contributed by atoms with Gasteiger partial charge in [-0.2, -0.15) is 0 Å². The van der Waals surface area contributed by atoms with Gasteiger partial charge in [-0.05, 0) is 24.8 Å². The van der Waals surface area contributed by atoms with E-state index in [9.17, 15) is 4.79 Å². The molecule has 0 bridgehead atoms. The van der Waals surface area contributed by atoms with Gasteiger partial charge in [0.15, 0.2) is 0 Å². The number of piperazine rings is 1. The van der Waals surface area contributed by atoms with Crippen molar-refractivity contribution in [3.63, 3.8) is 0 Å². The molecule has 1 aromatic rings. The number of ether oxygens (including phenoxy) is 2. The Hall–Kier alpha value is -1.59. The molecule has 5 nitrogen and oxygen atoms in total. The molecular weight excluding hydrogens is 292 g/mol. The van der Waals surface area contributed by atoms with Crippen molar-refractivity contribution in [2.45, 2.75) is 25.3 Å². The monoisotopic (exact) mass is 318 g/mol. The third kappa shape index (κ3) is 4.24. The summed E-state index contributed by atoms with van der Waals surface area (Å²) in [6.45, 7) is 3.65. The van der Waals surface area contributed by atoms with Crippen LogP contribution in [0, 0.1) is 5.92 Å². The van der Waals surface area contributed by atoms with E-state index in [1.807, 2.05) is 29.2 Å². The van der Waals surface area contributed by atoms with E-state index in [-0.39, 0.29) is 11.9 Å². The van der Waals surface area contributed by atoms with Gasteiger partial charge in [-0.1, -0.05) is 18.2 Å². The first-order valence-corrected chi connectivity index (χ1v) is 8.50. The van der Waals surface area contributed by atoms with Gasteiger partial charge in [-0.3, -0.25) is 4.79 Å². The van der Waals surface area contributed by atoms with E-state index >= 15 is 0 Å². The summed E-state index contributed by atoms with van der Waals surface area (Å²) in [7, 11) is 1.67. The van der Waals surface area contributed by atoms with Crippen LogP contribution < -0.4 is 10.1 Å². The third-order valence-electron chi connectivity index (χ3n) is 4.57. The average Bonchev–Trinajstić information content (AvgIpc) is 3.43. The molecule has 23 heavy (non-hydrogen) atoms. The zero-order valence-corrected chi connectivity index (χ0v) is 13.8. The minimum atomic E-state index is 0.0239. The van der Waals surface area contributed by atoms with Gasteiger partial charge in [-0.25, -0.2) is 0 Å². The fraction of sp³-hybridized carbons (Fsp3) is 0.611. The van der Waals surface area contributed by atoms with Crippen molar-refractivity contribution in [1.29, 1.82) is 0 Å². The summed E-state index contributed by atoms with van der Waals surface area (Å²) in [5.74, 6) is 1.74. The van der Waals surface area contributed by atoms with E-state index in [4.69, 9.17) is 9.47 Å². The van der Waals surface area contributed by atoms with Crippen molar-refractivity contribution in [2.75, 3.05) is 40.0 Å². The summed E-state index contributed by atoms with van der Waals surface area (Å²) < 4.78 is 11.1. The van der Waals surface area contributed by atoms with Crippen molar-refractivity contribution in [3.05, 3.63) is 29.8 Å². The van der Waals surface area contributed by atoms with Crippen LogP contribution >= 0.6 is 0 Å². The molecule has 1 saturated carbocycles. The van der Waals surface area contributed by atoms with E-state index in [0.29, 0.717) is 13.0 Å². The molecule has 1 aromatic carbocycles. The normalized spacial score (nSPS) is 21.3. The molecule has 0 radical (unpaired) electrons. The molecule has 126 valence electrons. The predicted molar refractivity (Wildman–Crippen MR) is 88.5 cm³/mol. The number of hydrogen-bond donors (Lipinski definition) is 1. The molecule has 3 rings (SSSR count). The zero-order valence-electron chi connectivity index (χ0n) is 13.8. The Morgan fingerprint density at radius 1 is 1.35 bits per heavy atom. The van der Waals surface area contributed by atoms with Crippen LogP contribution in [-0.4, -0.2) is 50.8 Å². The van der Waals surface area contributed by atoms with Gasteiger partial charge >= 0.3 is 0 Å². The fourth-order valence-corrected chi connectivity index (χ4v) is 3.06. The second-order valence-corrected chi connectivity index (χ2v) is 6.32. The SMILES string of the molecule is COc1ccccc1C1CNCCN1C(=O)CCOCC1CC1. The second-order valence-electron chi connectivity index (χ2n) is 6.32. The fourth-order valence-electron chi connectivity index (χ4n) is 3.06. The van der Waals surface area contributed by atoms with Crippen molar-refractivity contribution in [3.8, 4) is 5.75 Å². The lowest BCUT2D eigenvalue weighted by atomic mass is 10.0. The number of para-hydroxylation sites is 1. The maximum absolute atomic E-state index is 12.6. The van der Waals surface area contributed by atoms with E-state index in [2.05, 4.69) is 5.32 Å². The van der Waals surface area contributed by atoms with Gasteiger partial charge in [0.25, 0.3) is 0 Å². The molecule has 0 aromatic heterocycles. The number of amides is 1. The van der Waals surface area contributed by atoms with Gasteiger partial charge in [0.2, 0.25) is 5.91 Å². The summed E-state index contributed by atoms with van der Waals surface area (Å²) in [5, 5.41) is 3.38. The predicted octanol–water partition coefficient (Wildman–Crippen LogP) is 1.98. The number of nitrogens with one attached hydrogen (secondary N) is 1. The highest BCUT2D eigenvalue weighted by molar-refractivity contribution is 5.77. The Labute approximate surface area is 137 Å². The first kappa shape index (κ1) is 16.3. The molecule has 1 aliphatic carbocycles.